The van der Waals surface area contributed by atoms with Gasteiger partial charge in [0.15, 0.2) is 0 Å². The van der Waals surface area contributed by atoms with Crippen LogP contribution in [0.1, 0.15) is 22.8 Å². The SMILES string of the molecule is CNC(C)C(=O)Nc1cc2c3c(c(-c4ccccc4)[nH]c3c1)C=NNC2=O.O=C(O)C(F)(F)F. The number of carbonyl (C=O) groups is 3. The standard InChI is InChI=1S/C20H19N5O2.C2HF3O2/c1-11(21-2)19(26)23-13-8-14-17-15(10-22-25-20(14)27)18(24-16(17)9-13)12-6-4-3-5-7-12;3-2(4,5)1(6)7/h3-11,21,24H,1-2H3,(H,23,26)(H,25,27);(H,6,7). The Balaban J connectivity index is 0.000000406. The molecule has 0 bridgehead atoms. The predicted octanol–water partition coefficient (Wildman–Crippen LogP) is 3.09. The summed E-state index contributed by atoms with van der Waals surface area (Å²) in [5.41, 5.74) is 7.00. The number of aliphatic carboxylic acids is 1. The van der Waals surface area contributed by atoms with Gasteiger partial charge in [0, 0.05) is 22.2 Å². The van der Waals surface area contributed by atoms with Crippen LogP contribution in [0.5, 0.6) is 0 Å². The smallest absolute Gasteiger partial charge is 0.475 e. The largest absolute Gasteiger partial charge is 0.490 e. The van der Waals surface area contributed by atoms with E-state index in [4.69, 9.17) is 9.90 Å². The van der Waals surface area contributed by atoms with E-state index in [2.05, 4.69) is 26.1 Å². The normalized spacial score (nSPS) is 13.4. The third-order valence-electron chi connectivity index (χ3n) is 4.94. The maximum absolute atomic E-state index is 12.5. The van der Waals surface area contributed by atoms with Crippen LogP contribution in [0.3, 0.4) is 0 Å². The van der Waals surface area contributed by atoms with Crippen molar-refractivity contribution in [2.45, 2.75) is 19.1 Å². The van der Waals surface area contributed by atoms with Crippen LogP contribution in [0, 0.1) is 0 Å². The van der Waals surface area contributed by atoms with Gasteiger partial charge in [-0.2, -0.15) is 18.3 Å². The molecule has 0 saturated carbocycles. The monoisotopic (exact) mass is 475 g/mol. The third-order valence-corrected chi connectivity index (χ3v) is 4.94. The summed E-state index contributed by atoms with van der Waals surface area (Å²) < 4.78 is 31.7. The highest BCUT2D eigenvalue weighted by Gasteiger charge is 2.38. The fourth-order valence-electron chi connectivity index (χ4n) is 3.17. The van der Waals surface area contributed by atoms with Crippen LogP contribution in [-0.2, 0) is 9.59 Å². The molecule has 1 atom stereocenters. The molecule has 0 fully saturated rings. The fourth-order valence-corrected chi connectivity index (χ4v) is 3.17. The van der Waals surface area contributed by atoms with Crippen molar-refractivity contribution in [3.63, 3.8) is 0 Å². The van der Waals surface area contributed by atoms with E-state index in [0.717, 1.165) is 27.7 Å². The minimum absolute atomic E-state index is 0.176. The number of likely N-dealkylation sites (N-methyl/N-ethyl adjacent to an activating group) is 1. The van der Waals surface area contributed by atoms with Gasteiger partial charge in [-0.3, -0.25) is 9.59 Å². The number of rotatable bonds is 4. The fraction of sp³-hybridized carbons (Fsp3) is 0.182. The zero-order valence-corrected chi connectivity index (χ0v) is 17.9. The number of carbonyl (C=O) groups excluding carboxylic acids is 2. The minimum Gasteiger partial charge on any atom is -0.475 e. The summed E-state index contributed by atoms with van der Waals surface area (Å²) in [5, 5.41) is 17.7. The number of nitrogens with zero attached hydrogens (tertiary/aromatic N) is 1. The number of carboxylic acids is 1. The van der Waals surface area contributed by atoms with E-state index in [1.165, 1.54) is 0 Å². The second-order valence-corrected chi connectivity index (χ2v) is 7.23. The van der Waals surface area contributed by atoms with Gasteiger partial charge in [0.1, 0.15) is 0 Å². The van der Waals surface area contributed by atoms with Gasteiger partial charge in [-0.15, -0.1) is 0 Å². The number of nitrogens with one attached hydrogen (secondary N) is 4. The van der Waals surface area contributed by atoms with Crippen molar-refractivity contribution in [1.82, 2.24) is 15.7 Å². The molecule has 2 amide bonds. The summed E-state index contributed by atoms with van der Waals surface area (Å²) in [6.45, 7) is 1.77. The maximum Gasteiger partial charge on any atom is 0.490 e. The number of H-pyrrole nitrogens is 1. The Hall–Kier alpha value is -4.19. The van der Waals surface area contributed by atoms with Gasteiger partial charge in [-0.1, -0.05) is 30.3 Å². The maximum atomic E-state index is 12.5. The van der Waals surface area contributed by atoms with Gasteiger partial charge in [-0.05, 0) is 31.7 Å². The Bertz CT molecular complexity index is 1270. The van der Waals surface area contributed by atoms with Crippen LogP contribution >= 0.6 is 0 Å². The molecule has 9 nitrogen and oxygen atoms in total. The first-order valence-electron chi connectivity index (χ1n) is 9.89. The number of benzene rings is 2. The molecule has 1 aliphatic rings. The Labute approximate surface area is 191 Å². The predicted molar refractivity (Wildman–Crippen MR) is 120 cm³/mol. The molecule has 2 aromatic carbocycles. The lowest BCUT2D eigenvalue weighted by Crippen LogP contribution is -2.35. The topological polar surface area (TPSA) is 136 Å². The molecule has 2 heterocycles. The zero-order chi connectivity index (χ0) is 25.0. The van der Waals surface area contributed by atoms with Crippen molar-refractivity contribution in [1.29, 1.82) is 0 Å². The lowest BCUT2D eigenvalue weighted by molar-refractivity contribution is -0.192. The average Bonchev–Trinajstić information content (AvgIpc) is 3.07. The number of alkyl halides is 3. The first kappa shape index (κ1) is 24.5. The summed E-state index contributed by atoms with van der Waals surface area (Å²) in [7, 11) is 1.72. The van der Waals surface area contributed by atoms with Crippen LogP contribution in [0.15, 0.2) is 47.6 Å². The van der Waals surface area contributed by atoms with E-state index in [1.807, 2.05) is 36.4 Å². The highest BCUT2D eigenvalue weighted by molar-refractivity contribution is 6.18. The second kappa shape index (κ2) is 9.75. The Kier molecular flexibility index (Phi) is 7.01. The van der Waals surface area contributed by atoms with E-state index in [0.29, 0.717) is 11.3 Å². The van der Waals surface area contributed by atoms with E-state index in [-0.39, 0.29) is 17.9 Å². The van der Waals surface area contributed by atoms with Crippen molar-refractivity contribution >= 4 is 40.6 Å². The van der Waals surface area contributed by atoms with Crippen molar-refractivity contribution < 1.29 is 32.7 Å². The molecule has 3 aromatic rings. The van der Waals surface area contributed by atoms with Gasteiger partial charge in [-0.25, -0.2) is 10.2 Å². The highest BCUT2D eigenvalue weighted by Crippen LogP contribution is 2.34. The molecule has 1 unspecified atom stereocenters. The number of aromatic nitrogens is 1. The molecule has 0 spiro atoms. The Morgan fingerprint density at radius 2 is 1.79 bits per heavy atom. The zero-order valence-electron chi connectivity index (χ0n) is 17.9. The molecule has 178 valence electrons. The van der Waals surface area contributed by atoms with Gasteiger partial charge in [0.25, 0.3) is 5.91 Å². The van der Waals surface area contributed by atoms with Crippen LogP contribution in [0.4, 0.5) is 18.9 Å². The molecule has 0 aliphatic carbocycles. The number of amides is 2. The number of hydrogen-bond donors (Lipinski definition) is 5. The van der Waals surface area contributed by atoms with Crippen LogP contribution in [-0.4, -0.2) is 53.4 Å². The highest BCUT2D eigenvalue weighted by atomic mass is 19.4. The number of hydrogen-bond acceptors (Lipinski definition) is 5. The van der Waals surface area contributed by atoms with Crippen molar-refractivity contribution in [2.24, 2.45) is 5.10 Å². The molecule has 12 heteroatoms. The van der Waals surface area contributed by atoms with Crippen molar-refractivity contribution in [3.05, 3.63) is 53.6 Å². The minimum atomic E-state index is -5.08. The molecular formula is C22H20F3N5O4. The van der Waals surface area contributed by atoms with E-state index < -0.39 is 12.1 Å². The first-order chi connectivity index (χ1) is 16.0. The first-order valence-corrected chi connectivity index (χ1v) is 9.89. The van der Waals surface area contributed by atoms with E-state index in [1.54, 1.807) is 26.3 Å². The molecule has 1 aliphatic heterocycles. The Morgan fingerprint density at radius 3 is 2.38 bits per heavy atom. The van der Waals surface area contributed by atoms with Gasteiger partial charge < -0.3 is 20.7 Å². The summed E-state index contributed by atoms with van der Waals surface area (Å²) in [6, 6.07) is 13.0. The quantitative estimate of drug-likeness (QED) is 0.395. The molecule has 5 N–H and O–H groups in total. The summed E-state index contributed by atoms with van der Waals surface area (Å²) in [4.78, 5) is 37.0. The Morgan fingerprint density at radius 1 is 1.15 bits per heavy atom. The molecule has 0 radical (unpaired) electrons. The number of aromatic amines is 1. The number of halogens is 3. The van der Waals surface area contributed by atoms with Gasteiger partial charge in [0.05, 0.1) is 23.5 Å². The lowest BCUT2D eigenvalue weighted by atomic mass is 10.0. The third kappa shape index (κ3) is 5.23. The average molecular weight is 475 g/mol. The van der Waals surface area contributed by atoms with E-state index in [9.17, 15) is 22.8 Å². The number of hydrazone groups is 1. The van der Waals surface area contributed by atoms with Crippen LogP contribution in [0.2, 0.25) is 0 Å². The molecular weight excluding hydrogens is 455 g/mol. The molecule has 0 saturated heterocycles. The van der Waals surface area contributed by atoms with Crippen molar-refractivity contribution in [3.8, 4) is 11.3 Å². The summed E-state index contributed by atoms with van der Waals surface area (Å²) in [5.74, 6) is -3.25. The van der Waals surface area contributed by atoms with Crippen LogP contribution in [0.25, 0.3) is 22.2 Å². The van der Waals surface area contributed by atoms with Gasteiger partial charge in [0.2, 0.25) is 5.91 Å². The lowest BCUT2D eigenvalue weighted by Gasteiger charge is -2.12. The van der Waals surface area contributed by atoms with Crippen LogP contribution < -0.4 is 16.1 Å². The molecule has 4 rings (SSSR count). The summed E-state index contributed by atoms with van der Waals surface area (Å²) >= 11 is 0. The molecule has 1 aromatic heterocycles. The summed E-state index contributed by atoms with van der Waals surface area (Å²) in [6.07, 6.45) is -3.43. The van der Waals surface area contributed by atoms with Gasteiger partial charge >= 0.3 is 12.1 Å². The van der Waals surface area contributed by atoms with E-state index >= 15 is 0 Å². The molecule has 34 heavy (non-hydrogen) atoms. The van der Waals surface area contributed by atoms with Crippen molar-refractivity contribution in [2.75, 3.05) is 12.4 Å². The number of carboxylic acid groups (broad SMARTS) is 1. The number of anilines is 1. The second-order valence-electron chi connectivity index (χ2n) is 7.23.